The van der Waals surface area contributed by atoms with E-state index < -0.39 is 12.0 Å². The smallest absolute Gasteiger partial charge is 0.321 e. The summed E-state index contributed by atoms with van der Waals surface area (Å²) in [6.07, 6.45) is 0.486. The number of carbonyl (C=O) groups is 1. The number of benzene rings is 2. The average Bonchev–Trinajstić information content (AvgIpc) is 2.52. The first-order chi connectivity index (χ1) is 10.6. The molecule has 2 rings (SSSR count). The maximum absolute atomic E-state index is 11.4. The van der Waals surface area contributed by atoms with Gasteiger partial charge in [-0.1, -0.05) is 68.4 Å². The van der Waals surface area contributed by atoms with Crippen molar-refractivity contribution in [2.75, 3.05) is 0 Å². The number of rotatable bonds is 7. The van der Waals surface area contributed by atoms with Crippen molar-refractivity contribution in [3.63, 3.8) is 0 Å². The molecule has 0 unspecified atom stereocenters. The molecule has 0 spiro atoms. The van der Waals surface area contributed by atoms with Gasteiger partial charge in [0.2, 0.25) is 0 Å². The van der Waals surface area contributed by atoms with Crippen LogP contribution in [0, 0.1) is 0 Å². The fraction of sp³-hybridized carbons (Fsp3) is 0.316. The molecule has 2 aromatic rings. The molecule has 22 heavy (non-hydrogen) atoms. The van der Waals surface area contributed by atoms with Crippen LogP contribution in [0.1, 0.15) is 36.5 Å². The van der Waals surface area contributed by atoms with Crippen LogP contribution in [0.15, 0.2) is 54.6 Å². The SMILES string of the molecule is CC(C)c1ccc(CN[C@@H](Cc2ccccc2)C(=O)O)cc1. The van der Waals surface area contributed by atoms with Gasteiger partial charge in [0.05, 0.1) is 0 Å². The minimum Gasteiger partial charge on any atom is -0.480 e. The third-order valence-corrected chi connectivity index (χ3v) is 3.78. The van der Waals surface area contributed by atoms with Crippen molar-refractivity contribution in [1.29, 1.82) is 0 Å². The molecule has 0 bridgehead atoms. The highest BCUT2D eigenvalue weighted by Crippen LogP contribution is 2.14. The van der Waals surface area contributed by atoms with Crippen molar-refractivity contribution in [3.05, 3.63) is 71.3 Å². The van der Waals surface area contributed by atoms with E-state index in [4.69, 9.17) is 0 Å². The molecule has 0 amide bonds. The molecule has 2 aromatic carbocycles. The molecular weight excluding hydrogens is 274 g/mol. The van der Waals surface area contributed by atoms with Gasteiger partial charge in [0, 0.05) is 6.54 Å². The van der Waals surface area contributed by atoms with Crippen LogP contribution in [-0.4, -0.2) is 17.1 Å². The molecule has 0 fully saturated rings. The predicted octanol–water partition coefficient (Wildman–Crippen LogP) is 3.60. The molecule has 0 heterocycles. The minimum absolute atomic E-state index is 0.486. The molecule has 116 valence electrons. The van der Waals surface area contributed by atoms with Crippen LogP contribution in [-0.2, 0) is 17.8 Å². The summed E-state index contributed by atoms with van der Waals surface area (Å²) >= 11 is 0. The molecule has 2 N–H and O–H groups in total. The van der Waals surface area contributed by atoms with E-state index >= 15 is 0 Å². The van der Waals surface area contributed by atoms with Gasteiger partial charge in [-0.15, -0.1) is 0 Å². The highest BCUT2D eigenvalue weighted by molar-refractivity contribution is 5.73. The molecule has 0 aromatic heterocycles. The van der Waals surface area contributed by atoms with Gasteiger partial charge in [0.1, 0.15) is 6.04 Å². The van der Waals surface area contributed by atoms with E-state index in [1.54, 1.807) is 0 Å². The summed E-state index contributed by atoms with van der Waals surface area (Å²) in [4.78, 5) is 11.4. The third kappa shape index (κ3) is 4.71. The summed E-state index contributed by atoms with van der Waals surface area (Å²) in [6.45, 7) is 4.88. The zero-order chi connectivity index (χ0) is 15.9. The first-order valence-corrected chi connectivity index (χ1v) is 7.65. The van der Waals surface area contributed by atoms with Crippen molar-refractivity contribution >= 4 is 5.97 Å². The van der Waals surface area contributed by atoms with Crippen LogP contribution in [0.5, 0.6) is 0 Å². The van der Waals surface area contributed by atoms with Crippen LogP contribution in [0.4, 0.5) is 0 Å². The maximum atomic E-state index is 11.4. The van der Waals surface area contributed by atoms with Gasteiger partial charge >= 0.3 is 5.97 Å². The fourth-order valence-electron chi connectivity index (χ4n) is 2.36. The second kappa shape index (κ2) is 7.76. The Morgan fingerprint density at radius 2 is 1.64 bits per heavy atom. The van der Waals surface area contributed by atoms with E-state index in [1.165, 1.54) is 5.56 Å². The van der Waals surface area contributed by atoms with E-state index in [0.29, 0.717) is 18.9 Å². The van der Waals surface area contributed by atoms with Gasteiger partial charge in [-0.25, -0.2) is 0 Å². The molecule has 0 radical (unpaired) electrons. The van der Waals surface area contributed by atoms with Crippen molar-refractivity contribution in [3.8, 4) is 0 Å². The summed E-state index contributed by atoms with van der Waals surface area (Å²) < 4.78 is 0. The molecule has 3 nitrogen and oxygen atoms in total. The zero-order valence-electron chi connectivity index (χ0n) is 13.1. The van der Waals surface area contributed by atoms with Crippen LogP contribution in [0.3, 0.4) is 0 Å². The monoisotopic (exact) mass is 297 g/mol. The molecule has 0 saturated heterocycles. The van der Waals surface area contributed by atoms with Gasteiger partial charge in [0.25, 0.3) is 0 Å². The Labute approximate surface area is 132 Å². The summed E-state index contributed by atoms with van der Waals surface area (Å²) in [5, 5.41) is 12.5. The number of carboxylic acid groups (broad SMARTS) is 1. The Hall–Kier alpha value is -2.13. The lowest BCUT2D eigenvalue weighted by Crippen LogP contribution is -2.38. The van der Waals surface area contributed by atoms with E-state index in [2.05, 4.69) is 43.4 Å². The largest absolute Gasteiger partial charge is 0.480 e. The Morgan fingerprint density at radius 1 is 1.00 bits per heavy atom. The lowest BCUT2D eigenvalue weighted by molar-refractivity contribution is -0.139. The normalized spacial score (nSPS) is 12.3. The van der Waals surface area contributed by atoms with Crippen LogP contribution in [0.25, 0.3) is 0 Å². The number of hydrogen-bond acceptors (Lipinski definition) is 2. The second-order valence-electron chi connectivity index (χ2n) is 5.86. The second-order valence-corrected chi connectivity index (χ2v) is 5.86. The first kappa shape index (κ1) is 16.2. The van der Waals surface area contributed by atoms with Gasteiger partial charge in [0.15, 0.2) is 0 Å². The average molecular weight is 297 g/mol. The van der Waals surface area contributed by atoms with Crippen LogP contribution >= 0.6 is 0 Å². The molecular formula is C19H23NO2. The number of carboxylic acids is 1. The molecule has 1 atom stereocenters. The van der Waals surface area contributed by atoms with Gasteiger partial charge < -0.3 is 10.4 Å². The maximum Gasteiger partial charge on any atom is 0.321 e. The van der Waals surface area contributed by atoms with Crippen molar-refractivity contribution in [2.24, 2.45) is 0 Å². The standard InChI is InChI=1S/C19H23NO2/c1-14(2)17-10-8-16(9-11-17)13-20-18(19(21)22)12-15-6-4-3-5-7-15/h3-11,14,18,20H,12-13H2,1-2H3,(H,21,22)/t18-/m0/s1. The minimum atomic E-state index is -0.817. The zero-order valence-corrected chi connectivity index (χ0v) is 13.1. The van der Waals surface area contributed by atoms with Crippen LogP contribution < -0.4 is 5.32 Å². The summed E-state index contributed by atoms with van der Waals surface area (Å²) in [6, 6.07) is 17.5. The quantitative estimate of drug-likeness (QED) is 0.821. The summed E-state index contributed by atoms with van der Waals surface area (Å²) in [5.74, 6) is -0.311. The van der Waals surface area contributed by atoms with Crippen molar-refractivity contribution in [2.45, 2.75) is 38.8 Å². The highest BCUT2D eigenvalue weighted by atomic mass is 16.4. The lowest BCUT2D eigenvalue weighted by Gasteiger charge is -2.15. The Kier molecular flexibility index (Phi) is 5.73. The number of aliphatic carboxylic acids is 1. The number of hydrogen-bond donors (Lipinski definition) is 2. The van der Waals surface area contributed by atoms with E-state index in [-0.39, 0.29) is 0 Å². The van der Waals surface area contributed by atoms with Crippen LogP contribution in [0.2, 0.25) is 0 Å². The van der Waals surface area contributed by atoms with E-state index in [0.717, 1.165) is 11.1 Å². The van der Waals surface area contributed by atoms with Crippen molar-refractivity contribution < 1.29 is 9.90 Å². The first-order valence-electron chi connectivity index (χ1n) is 7.65. The predicted molar refractivity (Wildman–Crippen MR) is 88.9 cm³/mol. The third-order valence-electron chi connectivity index (χ3n) is 3.78. The van der Waals surface area contributed by atoms with E-state index in [9.17, 15) is 9.90 Å². The topological polar surface area (TPSA) is 49.3 Å². The molecule has 0 aliphatic heterocycles. The highest BCUT2D eigenvalue weighted by Gasteiger charge is 2.17. The Morgan fingerprint density at radius 3 is 2.18 bits per heavy atom. The molecule has 0 aliphatic rings. The lowest BCUT2D eigenvalue weighted by atomic mass is 10.0. The fourth-order valence-corrected chi connectivity index (χ4v) is 2.36. The Balaban J connectivity index is 1.95. The Bertz CT molecular complexity index is 591. The van der Waals surface area contributed by atoms with Gasteiger partial charge in [-0.3, -0.25) is 4.79 Å². The summed E-state index contributed by atoms with van der Waals surface area (Å²) in [5.41, 5.74) is 3.42. The van der Waals surface area contributed by atoms with Crippen molar-refractivity contribution in [1.82, 2.24) is 5.32 Å². The van der Waals surface area contributed by atoms with Gasteiger partial charge in [-0.2, -0.15) is 0 Å². The molecule has 3 heteroatoms. The number of nitrogens with one attached hydrogen (secondary N) is 1. The molecule has 0 saturated carbocycles. The summed E-state index contributed by atoms with van der Waals surface area (Å²) in [7, 11) is 0. The van der Waals surface area contributed by atoms with Gasteiger partial charge in [-0.05, 0) is 29.0 Å². The van der Waals surface area contributed by atoms with E-state index in [1.807, 2.05) is 30.3 Å². The molecule has 0 aliphatic carbocycles.